The molecule has 9 nitrogen and oxygen atoms in total. The van der Waals surface area contributed by atoms with Gasteiger partial charge in [0.05, 0.1) is 11.7 Å². The molecule has 2 aromatic rings. The number of rotatable bonds is 12. The van der Waals surface area contributed by atoms with Gasteiger partial charge >= 0.3 is 6.03 Å². The highest BCUT2D eigenvalue weighted by Crippen LogP contribution is 2.27. The molecule has 0 spiro atoms. The molecule has 1 fully saturated rings. The van der Waals surface area contributed by atoms with E-state index < -0.39 is 77.2 Å². The number of urea groups is 1. The van der Waals surface area contributed by atoms with Gasteiger partial charge in [-0.25, -0.2) is 18.0 Å². The largest absolute Gasteiger partial charge is 0.479 e. The maximum absolute atomic E-state index is 14.0. The van der Waals surface area contributed by atoms with Crippen molar-refractivity contribution in [2.75, 3.05) is 18.5 Å². The summed E-state index contributed by atoms with van der Waals surface area (Å²) in [6.45, 7) is 2.74. The van der Waals surface area contributed by atoms with Crippen LogP contribution in [-0.2, 0) is 14.4 Å². The molecule has 1 aliphatic rings. The molecule has 3 atom stereocenters. The Balaban J connectivity index is 1.76. The van der Waals surface area contributed by atoms with Crippen LogP contribution in [0.2, 0.25) is 0 Å². The Morgan fingerprint density at radius 2 is 1.63 bits per heavy atom. The molecule has 0 saturated carbocycles. The minimum Gasteiger partial charge on any atom is -0.479 e. The number of benzene rings is 2. The fraction of sp³-hybridized carbons (Fsp3) is 0.407. The van der Waals surface area contributed by atoms with Crippen molar-refractivity contribution in [3.63, 3.8) is 0 Å². The Bertz CT molecular complexity index is 1280. The van der Waals surface area contributed by atoms with Gasteiger partial charge in [-0.15, -0.1) is 0 Å². The van der Waals surface area contributed by atoms with Gasteiger partial charge in [0.1, 0.15) is 18.5 Å². The topological polar surface area (TPSA) is 126 Å². The van der Waals surface area contributed by atoms with E-state index in [0.717, 1.165) is 6.07 Å². The van der Waals surface area contributed by atoms with Crippen LogP contribution in [0, 0.1) is 40.9 Å². The molecule has 1 aliphatic heterocycles. The predicted octanol–water partition coefficient (Wildman–Crippen LogP) is 3.58. The van der Waals surface area contributed by atoms with Gasteiger partial charge in [-0.3, -0.25) is 14.4 Å². The number of ether oxygens (including phenoxy) is 1. The highest BCUT2D eigenvalue weighted by molar-refractivity contribution is 5.96. The molecule has 2 aromatic carbocycles. The maximum atomic E-state index is 14.0. The summed E-state index contributed by atoms with van der Waals surface area (Å²) in [7, 11) is 0. The number of ketones is 1. The van der Waals surface area contributed by atoms with Gasteiger partial charge in [0, 0.05) is 18.5 Å². The van der Waals surface area contributed by atoms with Crippen LogP contribution in [0.5, 0.6) is 5.75 Å². The lowest BCUT2D eigenvalue weighted by molar-refractivity contribution is -0.131. The van der Waals surface area contributed by atoms with E-state index in [1.165, 1.54) is 18.2 Å². The number of hydrogen-bond acceptors (Lipinski definition) is 5. The van der Waals surface area contributed by atoms with E-state index in [0.29, 0.717) is 13.0 Å². The van der Waals surface area contributed by atoms with E-state index >= 15 is 0 Å². The highest BCUT2D eigenvalue weighted by atomic mass is 19.2. The molecule has 0 radical (unpaired) electrons. The van der Waals surface area contributed by atoms with Gasteiger partial charge in [-0.1, -0.05) is 26.0 Å². The van der Waals surface area contributed by atoms with E-state index in [-0.39, 0.29) is 36.4 Å². The monoisotopic (exact) mass is 584 g/mol. The fourth-order valence-corrected chi connectivity index (χ4v) is 4.20. The predicted molar refractivity (Wildman–Crippen MR) is 136 cm³/mol. The Hall–Kier alpha value is -4.23. The Morgan fingerprint density at radius 1 is 0.976 bits per heavy atom. The molecular formula is C27H29F5N4O5. The summed E-state index contributed by atoms with van der Waals surface area (Å²) in [5, 5.41) is 9.73. The van der Waals surface area contributed by atoms with Crippen LogP contribution in [0.15, 0.2) is 30.3 Å². The van der Waals surface area contributed by atoms with Crippen molar-refractivity contribution >= 4 is 29.3 Å². The second kappa shape index (κ2) is 13.9. The molecule has 41 heavy (non-hydrogen) atoms. The molecule has 222 valence electrons. The standard InChI is InChI=1S/C27H29F5N4O5/c1-13(2)9-20(36-27(40)35-18-6-4-3-5-15(18)28)26(39)34-19(10-14-7-8-33-25(14)38)21(37)12-41-24-22(31)16(29)11-17(30)23(24)32/h3-6,11,13-14,19-20H,7-10,12H2,1-2H3,(H,33,38)(H,34,39)(H2,35,36,40)/t14-,19-,20-/m0/s1. The smallest absolute Gasteiger partial charge is 0.319 e. The van der Waals surface area contributed by atoms with E-state index in [2.05, 4.69) is 21.3 Å². The van der Waals surface area contributed by atoms with Crippen LogP contribution in [0.1, 0.15) is 33.1 Å². The first-order chi connectivity index (χ1) is 19.4. The summed E-state index contributed by atoms with van der Waals surface area (Å²) in [6.07, 6.45) is 0.200. The van der Waals surface area contributed by atoms with Crippen molar-refractivity contribution in [3.05, 3.63) is 59.4 Å². The quantitative estimate of drug-likeness (QED) is 0.224. The molecule has 3 rings (SSSR count). The van der Waals surface area contributed by atoms with Crippen LogP contribution in [-0.4, -0.2) is 48.9 Å². The first-order valence-electron chi connectivity index (χ1n) is 12.8. The van der Waals surface area contributed by atoms with E-state index in [1.54, 1.807) is 13.8 Å². The lowest BCUT2D eigenvalue weighted by atomic mass is 9.95. The second-order valence-electron chi connectivity index (χ2n) is 9.89. The maximum Gasteiger partial charge on any atom is 0.319 e. The molecule has 4 amide bonds. The van der Waals surface area contributed by atoms with E-state index in [4.69, 9.17) is 4.74 Å². The first kappa shape index (κ1) is 31.3. The zero-order valence-electron chi connectivity index (χ0n) is 22.2. The van der Waals surface area contributed by atoms with Gasteiger partial charge in [0.25, 0.3) is 0 Å². The molecule has 4 N–H and O–H groups in total. The third-order valence-corrected chi connectivity index (χ3v) is 6.27. The Kier molecular flexibility index (Phi) is 10.6. The van der Waals surface area contributed by atoms with Crippen LogP contribution in [0.25, 0.3) is 0 Å². The van der Waals surface area contributed by atoms with Crippen LogP contribution in [0.4, 0.5) is 32.4 Å². The number of Topliss-reactive ketones (excluding diaryl/α,β-unsaturated/α-hetero) is 1. The minimum absolute atomic E-state index is 0.0225. The number of carbonyl (C=O) groups is 4. The van der Waals surface area contributed by atoms with Crippen molar-refractivity contribution < 1.29 is 45.9 Å². The van der Waals surface area contributed by atoms with E-state index in [9.17, 15) is 41.1 Å². The molecule has 0 bridgehead atoms. The number of carbonyl (C=O) groups excluding carboxylic acids is 4. The average Bonchev–Trinajstić information content (AvgIpc) is 3.31. The van der Waals surface area contributed by atoms with Gasteiger partial charge in [-0.05, 0) is 37.3 Å². The van der Waals surface area contributed by atoms with Gasteiger partial charge < -0.3 is 26.0 Å². The Morgan fingerprint density at radius 3 is 2.22 bits per heavy atom. The summed E-state index contributed by atoms with van der Waals surface area (Å²) < 4.78 is 73.8. The summed E-state index contributed by atoms with van der Waals surface area (Å²) in [6, 6.07) is 1.76. The minimum atomic E-state index is -1.85. The number of halogens is 5. The molecule has 0 unspecified atom stereocenters. The summed E-state index contributed by atoms with van der Waals surface area (Å²) >= 11 is 0. The SMILES string of the molecule is CC(C)C[C@H](NC(=O)Nc1ccccc1F)C(=O)N[C@@H](C[C@@H]1CCNC1=O)C(=O)COc1c(F)c(F)cc(F)c1F. The molecule has 0 aromatic heterocycles. The third-order valence-electron chi connectivity index (χ3n) is 6.27. The molecule has 1 heterocycles. The van der Waals surface area contributed by atoms with Crippen molar-refractivity contribution in [2.45, 2.75) is 45.2 Å². The number of amides is 4. The van der Waals surface area contributed by atoms with Crippen molar-refractivity contribution in [1.82, 2.24) is 16.0 Å². The average molecular weight is 585 g/mol. The lowest BCUT2D eigenvalue weighted by Gasteiger charge is -2.25. The highest BCUT2D eigenvalue weighted by Gasteiger charge is 2.34. The van der Waals surface area contributed by atoms with Crippen LogP contribution < -0.4 is 26.0 Å². The number of hydrogen-bond donors (Lipinski definition) is 4. The zero-order valence-corrected chi connectivity index (χ0v) is 22.2. The number of anilines is 1. The second-order valence-corrected chi connectivity index (χ2v) is 9.89. The first-order valence-corrected chi connectivity index (χ1v) is 12.8. The molecule has 14 heteroatoms. The van der Waals surface area contributed by atoms with Crippen molar-refractivity contribution in [3.8, 4) is 5.75 Å². The number of nitrogens with one attached hydrogen (secondary N) is 4. The summed E-state index contributed by atoms with van der Waals surface area (Å²) in [5.74, 6) is -12.4. The lowest BCUT2D eigenvalue weighted by Crippen LogP contribution is -2.54. The summed E-state index contributed by atoms with van der Waals surface area (Å²) in [4.78, 5) is 51.0. The summed E-state index contributed by atoms with van der Waals surface area (Å²) in [5.41, 5.74) is -0.139. The number of para-hydroxylation sites is 1. The third kappa shape index (κ3) is 8.38. The van der Waals surface area contributed by atoms with Crippen molar-refractivity contribution in [1.29, 1.82) is 0 Å². The van der Waals surface area contributed by atoms with Gasteiger partial charge in [-0.2, -0.15) is 8.78 Å². The fourth-order valence-electron chi connectivity index (χ4n) is 4.20. The molecular weight excluding hydrogens is 555 g/mol. The Labute approximate surface area is 232 Å². The van der Waals surface area contributed by atoms with Crippen molar-refractivity contribution in [2.24, 2.45) is 11.8 Å². The molecule has 1 saturated heterocycles. The normalized spacial score (nSPS) is 16.1. The van der Waals surface area contributed by atoms with Crippen LogP contribution >= 0.6 is 0 Å². The van der Waals surface area contributed by atoms with E-state index in [1.807, 2.05) is 0 Å². The van der Waals surface area contributed by atoms with Gasteiger partial charge in [0.15, 0.2) is 23.2 Å². The molecule has 0 aliphatic carbocycles. The van der Waals surface area contributed by atoms with Crippen LogP contribution in [0.3, 0.4) is 0 Å². The van der Waals surface area contributed by atoms with Gasteiger partial charge in [0.2, 0.25) is 23.4 Å². The zero-order chi connectivity index (χ0) is 30.3.